The normalized spacial score (nSPS) is 17.2. The van der Waals surface area contributed by atoms with Crippen molar-refractivity contribution in [3.63, 3.8) is 0 Å². The van der Waals surface area contributed by atoms with Gasteiger partial charge in [-0.2, -0.15) is 0 Å². The molecule has 112 valence electrons. The zero-order valence-electron chi connectivity index (χ0n) is 12.7. The maximum Gasteiger partial charge on any atom is 0.0951 e. The molecule has 2 heterocycles. The fourth-order valence-electron chi connectivity index (χ4n) is 3.18. The molecule has 1 aliphatic heterocycles. The molecule has 0 bridgehead atoms. The van der Waals surface area contributed by atoms with E-state index in [2.05, 4.69) is 50.1 Å². The maximum atomic E-state index is 4.31. The van der Waals surface area contributed by atoms with E-state index >= 15 is 0 Å². The van der Waals surface area contributed by atoms with Crippen LogP contribution in [0.5, 0.6) is 0 Å². The summed E-state index contributed by atoms with van der Waals surface area (Å²) < 4.78 is 2.36. The maximum absolute atomic E-state index is 4.31. The van der Waals surface area contributed by atoms with E-state index in [1.807, 2.05) is 19.6 Å². The SMILES string of the molecule is CNCc1cncn1C1CCN(Cc2ccccc2)CC1. The van der Waals surface area contributed by atoms with Crippen LogP contribution in [0.15, 0.2) is 42.9 Å². The minimum Gasteiger partial charge on any atom is -0.330 e. The average Bonchev–Trinajstić information content (AvgIpc) is 2.98. The van der Waals surface area contributed by atoms with Gasteiger partial charge in [0.1, 0.15) is 0 Å². The number of hydrogen-bond donors (Lipinski definition) is 1. The summed E-state index contributed by atoms with van der Waals surface area (Å²) >= 11 is 0. The van der Waals surface area contributed by atoms with Crippen LogP contribution in [0.25, 0.3) is 0 Å². The first kappa shape index (κ1) is 14.3. The van der Waals surface area contributed by atoms with Gasteiger partial charge in [0, 0.05) is 38.4 Å². The number of aromatic nitrogens is 2. The lowest BCUT2D eigenvalue weighted by Gasteiger charge is -2.33. The molecule has 1 saturated heterocycles. The van der Waals surface area contributed by atoms with E-state index < -0.39 is 0 Å². The van der Waals surface area contributed by atoms with Crippen molar-refractivity contribution in [1.29, 1.82) is 0 Å². The first-order valence-corrected chi connectivity index (χ1v) is 7.78. The predicted molar refractivity (Wildman–Crippen MR) is 85.0 cm³/mol. The summed E-state index contributed by atoms with van der Waals surface area (Å²) in [5.41, 5.74) is 2.70. The first-order chi connectivity index (χ1) is 10.4. The fraction of sp³-hybridized carbons (Fsp3) is 0.471. The zero-order valence-corrected chi connectivity index (χ0v) is 12.7. The smallest absolute Gasteiger partial charge is 0.0951 e. The molecule has 4 nitrogen and oxygen atoms in total. The lowest BCUT2D eigenvalue weighted by Crippen LogP contribution is -2.34. The molecule has 21 heavy (non-hydrogen) atoms. The second-order valence-electron chi connectivity index (χ2n) is 5.82. The Kier molecular flexibility index (Phi) is 4.68. The minimum atomic E-state index is 0.600. The molecular weight excluding hydrogens is 260 g/mol. The van der Waals surface area contributed by atoms with Crippen LogP contribution < -0.4 is 5.32 Å². The van der Waals surface area contributed by atoms with Gasteiger partial charge in [-0.25, -0.2) is 4.98 Å². The number of nitrogens with zero attached hydrogens (tertiary/aromatic N) is 3. The van der Waals surface area contributed by atoms with Gasteiger partial charge in [-0.05, 0) is 25.5 Å². The van der Waals surface area contributed by atoms with Crippen molar-refractivity contribution >= 4 is 0 Å². The molecule has 0 spiro atoms. The zero-order chi connectivity index (χ0) is 14.5. The van der Waals surface area contributed by atoms with Crippen LogP contribution in [-0.2, 0) is 13.1 Å². The third kappa shape index (κ3) is 3.52. The predicted octanol–water partition coefficient (Wildman–Crippen LogP) is 2.44. The molecule has 4 heteroatoms. The fourth-order valence-corrected chi connectivity index (χ4v) is 3.18. The van der Waals surface area contributed by atoms with Crippen molar-refractivity contribution in [3.05, 3.63) is 54.1 Å². The Hall–Kier alpha value is -1.65. The van der Waals surface area contributed by atoms with E-state index in [9.17, 15) is 0 Å². The van der Waals surface area contributed by atoms with Crippen LogP contribution in [0.3, 0.4) is 0 Å². The van der Waals surface area contributed by atoms with Crippen molar-refractivity contribution < 1.29 is 0 Å². The summed E-state index contributed by atoms with van der Waals surface area (Å²) in [7, 11) is 1.99. The summed E-state index contributed by atoms with van der Waals surface area (Å²) in [4.78, 5) is 6.87. The van der Waals surface area contributed by atoms with Gasteiger partial charge < -0.3 is 9.88 Å². The summed E-state index contributed by atoms with van der Waals surface area (Å²) in [6.45, 7) is 4.29. The lowest BCUT2D eigenvalue weighted by molar-refractivity contribution is 0.178. The molecule has 2 aromatic rings. The summed E-state index contributed by atoms with van der Waals surface area (Å²) in [6, 6.07) is 11.4. The van der Waals surface area contributed by atoms with Crippen molar-refractivity contribution in [2.75, 3.05) is 20.1 Å². The van der Waals surface area contributed by atoms with Gasteiger partial charge in [-0.1, -0.05) is 30.3 Å². The number of piperidine rings is 1. The Morgan fingerprint density at radius 1 is 1.19 bits per heavy atom. The van der Waals surface area contributed by atoms with Crippen LogP contribution in [0.2, 0.25) is 0 Å². The van der Waals surface area contributed by atoms with Gasteiger partial charge in [-0.3, -0.25) is 4.90 Å². The topological polar surface area (TPSA) is 33.1 Å². The summed E-state index contributed by atoms with van der Waals surface area (Å²) in [5.74, 6) is 0. The number of likely N-dealkylation sites (tertiary alicyclic amines) is 1. The third-order valence-corrected chi connectivity index (χ3v) is 4.30. The highest BCUT2D eigenvalue weighted by atomic mass is 15.2. The Morgan fingerprint density at radius 3 is 2.67 bits per heavy atom. The summed E-state index contributed by atoms with van der Waals surface area (Å²) in [6.07, 6.45) is 6.39. The van der Waals surface area contributed by atoms with E-state index in [-0.39, 0.29) is 0 Å². The molecule has 1 aromatic carbocycles. The molecule has 1 N–H and O–H groups in total. The lowest BCUT2D eigenvalue weighted by atomic mass is 10.0. The highest BCUT2D eigenvalue weighted by Crippen LogP contribution is 2.24. The number of benzene rings is 1. The monoisotopic (exact) mass is 284 g/mol. The Balaban J connectivity index is 1.56. The number of rotatable bonds is 5. The molecule has 0 amide bonds. The Morgan fingerprint density at radius 2 is 1.95 bits per heavy atom. The second-order valence-corrected chi connectivity index (χ2v) is 5.82. The van der Waals surface area contributed by atoms with E-state index in [4.69, 9.17) is 0 Å². The highest BCUT2D eigenvalue weighted by molar-refractivity contribution is 5.14. The van der Waals surface area contributed by atoms with E-state index in [0.717, 1.165) is 26.2 Å². The molecule has 1 aromatic heterocycles. The van der Waals surface area contributed by atoms with Gasteiger partial charge in [-0.15, -0.1) is 0 Å². The first-order valence-electron chi connectivity index (χ1n) is 7.78. The van der Waals surface area contributed by atoms with Crippen molar-refractivity contribution in [2.24, 2.45) is 0 Å². The van der Waals surface area contributed by atoms with Crippen LogP contribution in [0.1, 0.15) is 30.1 Å². The van der Waals surface area contributed by atoms with E-state index in [1.165, 1.54) is 24.1 Å². The Labute approximate surface area is 126 Å². The number of nitrogens with one attached hydrogen (secondary N) is 1. The largest absolute Gasteiger partial charge is 0.330 e. The average molecular weight is 284 g/mol. The van der Waals surface area contributed by atoms with Crippen LogP contribution in [0, 0.1) is 0 Å². The van der Waals surface area contributed by atoms with Crippen LogP contribution >= 0.6 is 0 Å². The number of imidazole rings is 1. The quantitative estimate of drug-likeness (QED) is 0.915. The summed E-state index contributed by atoms with van der Waals surface area (Å²) in [5, 5.41) is 3.22. The molecule has 0 unspecified atom stereocenters. The standard InChI is InChI=1S/C17H24N4/c1-18-11-17-12-19-14-21(17)16-7-9-20(10-8-16)13-15-5-3-2-4-6-15/h2-6,12,14,16,18H,7-11,13H2,1H3. The second kappa shape index (κ2) is 6.87. The van der Waals surface area contributed by atoms with Crippen LogP contribution in [-0.4, -0.2) is 34.6 Å². The molecule has 0 atom stereocenters. The molecule has 1 aliphatic rings. The molecule has 0 saturated carbocycles. The van der Waals surface area contributed by atoms with Gasteiger partial charge in [0.15, 0.2) is 0 Å². The van der Waals surface area contributed by atoms with Gasteiger partial charge in [0.25, 0.3) is 0 Å². The Bertz CT molecular complexity index is 541. The third-order valence-electron chi connectivity index (χ3n) is 4.30. The van der Waals surface area contributed by atoms with Gasteiger partial charge in [0.05, 0.1) is 12.0 Å². The highest BCUT2D eigenvalue weighted by Gasteiger charge is 2.21. The van der Waals surface area contributed by atoms with Gasteiger partial charge in [0.2, 0.25) is 0 Å². The molecule has 3 rings (SSSR count). The van der Waals surface area contributed by atoms with Crippen molar-refractivity contribution in [3.8, 4) is 0 Å². The van der Waals surface area contributed by atoms with Crippen LogP contribution in [0.4, 0.5) is 0 Å². The minimum absolute atomic E-state index is 0.600. The molecule has 1 fully saturated rings. The van der Waals surface area contributed by atoms with Crippen molar-refractivity contribution in [2.45, 2.75) is 32.0 Å². The molecule has 0 aliphatic carbocycles. The number of hydrogen-bond acceptors (Lipinski definition) is 3. The molecular formula is C17H24N4. The molecule has 0 radical (unpaired) electrons. The van der Waals surface area contributed by atoms with E-state index in [1.54, 1.807) is 0 Å². The van der Waals surface area contributed by atoms with E-state index in [0.29, 0.717) is 6.04 Å². The van der Waals surface area contributed by atoms with Crippen molar-refractivity contribution in [1.82, 2.24) is 19.8 Å². The van der Waals surface area contributed by atoms with Gasteiger partial charge >= 0.3 is 0 Å².